The van der Waals surface area contributed by atoms with Crippen LogP contribution in [0.1, 0.15) is 50.3 Å². The number of fused-ring (bicyclic) bond motifs is 1. The Morgan fingerprint density at radius 1 is 1.19 bits per heavy atom. The average molecular weight is 450 g/mol. The molecular formula is C21H25F3N6O2. The van der Waals surface area contributed by atoms with E-state index in [9.17, 15) is 18.3 Å². The van der Waals surface area contributed by atoms with Gasteiger partial charge in [-0.15, -0.1) is 5.10 Å². The summed E-state index contributed by atoms with van der Waals surface area (Å²) in [7, 11) is 0. The van der Waals surface area contributed by atoms with Crippen molar-refractivity contribution in [3.8, 4) is 11.1 Å². The van der Waals surface area contributed by atoms with Gasteiger partial charge in [-0.25, -0.2) is 9.50 Å². The molecule has 4 heterocycles. The molecule has 11 heteroatoms. The molecule has 0 radical (unpaired) electrons. The Kier molecular flexibility index (Phi) is 5.32. The Morgan fingerprint density at radius 2 is 1.94 bits per heavy atom. The summed E-state index contributed by atoms with van der Waals surface area (Å²) in [6.45, 7) is 2.29. The van der Waals surface area contributed by atoms with Crippen molar-refractivity contribution in [3.05, 3.63) is 30.4 Å². The molecule has 1 aliphatic carbocycles. The zero-order chi connectivity index (χ0) is 22.5. The minimum atomic E-state index is -4.40. The van der Waals surface area contributed by atoms with Gasteiger partial charge in [0.05, 0.1) is 43.3 Å². The van der Waals surface area contributed by atoms with Gasteiger partial charge in [-0.05, 0) is 38.7 Å². The first-order valence-corrected chi connectivity index (χ1v) is 10.8. The topological polar surface area (TPSA) is 89.5 Å². The van der Waals surface area contributed by atoms with Crippen LogP contribution in [0.15, 0.2) is 24.7 Å². The lowest BCUT2D eigenvalue weighted by Gasteiger charge is -2.25. The van der Waals surface area contributed by atoms with Crippen LogP contribution in [0.4, 0.5) is 19.1 Å². The molecule has 0 amide bonds. The third kappa shape index (κ3) is 3.95. The summed E-state index contributed by atoms with van der Waals surface area (Å²) in [6, 6.07) is 0.473. The maximum absolute atomic E-state index is 13.0. The summed E-state index contributed by atoms with van der Waals surface area (Å²) in [4.78, 5) is 4.16. The van der Waals surface area contributed by atoms with Gasteiger partial charge >= 0.3 is 6.18 Å². The van der Waals surface area contributed by atoms with Crippen LogP contribution >= 0.6 is 0 Å². The van der Waals surface area contributed by atoms with Gasteiger partial charge in [0.2, 0.25) is 5.95 Å². The van der Waals surface area contributed by atoms with Gasteiger partial charge < -0.3 is 15.2 Å². The summed E-state index contributed by atoms with van der Waals surface area (Å²) in [5, 5.41) is 21.1. The van der Waals surface area contributed by atoms with Crippen LogP contribution in [-0.4, -0.2) is 61.0 Å². The van der Waals surface area contributed by atoms with Gasteiger partial charge in [0, 0.05) is 28.9 Å². The molecule has 3 aromatic rings. The molecule has 1 atom stereocenters. The van der Waals surface area contributed by atoms with Crippen molar-refractivity contribution in [2.75, 3.05) is 18.5 Å². The Balaban J connectivity index is 1.54. The Bertz CT molecular complexity index is 1100. The van der Waals surface area contributed by atoms with Crippen molar-refractivity contribution in [1.29, 1.82) is 0 Å². The quantitative estimate of drug-likeness (QED) is 0.618. The maximum atomic E-state index is 13.0. The lowest BCUT2D eigenvalue weighted by Crippen LogP contribution is -2.34. The molecule has 0 unspecified atom stereocenters. The Labute approximate surface area is 182 Å². The molecule has 2 N–H and O–H groups in total. The molecular weight excluding hydrogens is 425 g/mol. The van der Waals surface area contributed by atoms with Crippen molar-refractivity contribution < 1.29 is 23.0 Å². The summed E-state index contributed by atoms with van der Waals surface area (Å²) in [6.07, 6.45) is 3.53. The fourth-order valence-electron chi connectivity index (χ4n) is 4.30. The first-order chi connectivity index (χ1) is 15.3. The fraction of sp³-hybridized carbons (Fsp3) is 0.571. The summed E-state index contributed by atoms with van der Waals surface area (Å²) in [5.41, 5.74) is 3.39. The molecule has 1 saturated carbocycles. The molecule has 2 fully saturated rings. The number of ether oxygens (including phenoxy) is 1. The van der Waals surface area contributed by atoms with Gasteiger partial charge in [-0.3, -0.25) is 4.68 Å². The van der Waals surface area contributed by atoms with E-state index in [1.165, 1.54) is 0 Å². The Hall–Kier alpha value is -2.66. The number of nitrogens with one attached hydrogen (secondary N) is 1. The SMILES string of the molecule is C[C@H](Nc1ncc2c(-c3cnn(C4COC4)c3)cc(C3CCC(O)CC3)n2n1)C(F)(F)F. The van der Waals surface area contributed by atoms with Crippen molar-refractivity contribution in [2.24, 2.45) is 0 Å². The highest BCUT2D eigenvalue weighted by Crippen LogP contribution is 2.38. The van der Waals surface area contributed by atoms with Gasteiger partial charge in [0.25, 0.3) is 0 Å². The van der Waals surface area contributed by atoms with E-state index in [1.54, 1.807) is 16.9 Å². The number of aromatic nitrogens is 5. The number of hydrogen-bond acceptors (Lipinski definition) is 6. The van der Waals surface area contributed by atoms with Crippen LogP contribution in [0.25, 0.3) is 16.6 Å². The lowest BCUT2D eigenvalue weighted by molar-refractivity contribution is -0.138. The second-order valence-electron chi connectivity index (χ2n) is 8.68. The van der Waals surface area contributed by atoms with E-state index in [1.807, 2.05) is 16.9 Å². The number of rotatable bonds is 5. The first kappa shape index (κ1) is 21.2. The van der Waals surface area contributed by atoms with E-state index >= 15 is 0 Å². The standard InChI is InChI=1S/C21H25F3N6O2/c1-12(21(22,23)24)27-20-25-8-19-17(14-7-26-29(9-14)15-10-32-11-15)6-18(30(19)28-20)13-2-4-16(31)5-3-13/h6-9,12-13,15-16,31H,2-5,10-11H2,1H3,(H,27,28)/t12-,13?,16?/m0/s1. The smallest absolute Gasteiger partial charge is 0.393 e. The van der Waals surface area contributed by atoms with Gasteiger partial charge in [-0.2, -0.15) is 18.3 Å². The van der Waals surface area contributed by atoms with Crippen LogP contribution in [0.2, 0.25) is 0 Å². The fourth-order valence-corrected chi connectivity index (χ4v) is 4.30. The number of aliphatic hydroxyl groups excluding tert-OH is 1. The summed E-state index contributed by atoms with van der Waals surface area (Å²) in [5.74, 6) is 0.0707. The van der Waals surface area contributed by atoms with E-state index in [0.717, 1.165) is 36.6 Å². The monoisotopic (exact) mass is 450 g/mol. The highest BCUT2D eigenvalue weighted by molar-refractivity contribution is 5.81. The van der Waals surface area contributed by atoms with Crippen LogP contribution in [0.5, 0.6) is 0 Å². The zero-order valence-electron chi connectivity index (χ0n) is 17.6. The third-order valence-electron chi connectivity index (χ3n) is 6.40. The molecule has 5 rings (SSSR count). The molecule has 1 saturated heterocycles. The van der Waals surface area contributed by atoms with Crippen LogP contribution < -0.4 is 5.32 Å². The molecule has 0 spiro atoms. The Morgan fingerprint density at radius 3 is 2.59 bits per heavy atom. The molecule has 32 heavy (non-hydrogen) atoms. The molecule has 1 aliphatic heterocycles. The van der Waals surface area contributed by atoms with E-state index in [-0.39, 0.29) is 24.0 Å². The molecule has 8 nitrogen and oxygen atoms in total. The molecule has 3 aromatic heterocycles. The van der Waals surface area contributed by atoms with Gasteiger partial charge in [0.1, 0.15) is 6.04 Å². The molecule has 2 aliphatic rings. The number of aliphatic hydroxyl groups is 1. The maximum Gasteiger partial charge on any atom is 0.408 e. The minimum Gasteiger partial charge on any atom is -0.393 e. The van der Waals surface area contributed by atoms with E-state index in [2.05, 4.69) is 20.5 Å². The normalized spacial score (nSPS) is 23.3. The molecule has 172 valence electrons. The summed E-state index contributed by atoms with van der Waals surface area (Å²) >= 11 is 0. The van der Waals surface area contributed by atoms with Gasteiger partial charge in [0.15, 0.2) is 0 Å². The van der Waals surface area contributed by atoms with Crippen LogP contribution in [-0.2, 0) is 4.74 Å². The number of alkyl halides is 3. The van der Waals surface area contributed by atoms with E-state index < -0.39 is 12.2 Å². The summed E-state index contributed by atoms with van der Waals surface area (Å²) < 4.78 is 47.9. The zero-order valence-corrected chi connectivity index (χ0v) is 17.6. The second-order valence-corrected chi connectivity index (χ2v) is 8.68. The largest absolute Gasteiger partial charge is 0.408 e. The second kappa shape index (κ2) is 8.04. The first-order valence-electron chi connectivity index (χ1n) is 10.8. The van der Waals surface area contributed by atoms with Gasteiger partial charge in [-0.1, -0.05) is 0 Å². The number of anilines is 1. The van der Waals surface area contributed by atoms with E-state index in [0.29, 0.717) is 31.6 Å². The minimum absolute atomic E-state index is 0.0797. The van der Waals surface area contributed by atoms with Crippen LogP contribution in [0.3, 0.4) is 0 Å². The van der Waals surface area contributed by atoms with Crippen molar-refractivity contribution >= 4 is 11.5 Å². The van der Waals surface area contributed by atoms with Crippen molar-refractivity contribution in [2.45, 2.75) is 62.9 Å². The van der Waals surface area contributed by atoms with Crippen molar-refractivity contribution in [3.63, 3.8) is 0 Å². The van der Waals surface area contributed by atoms with Crippen LogP contribution in [0, 0.1) is 0 Å². The predicted octanol–water partition coefficient (Wildman–Crippen LogP) is 3.55. The number of hydrogen-bond donors (Lipinski definition) is 2. The average Bonchev–Trinajstić information content (AvgIpc) is 3.31. The predicted molar refractivity (Wildman–Crippen MR) is 110 cm³/mol. The third-order valence-corrected chi connectivity index (χ3v) is 6.40. The highest BCUT2D eigenvalue weighted by atomic mass is 19.4. The van der Waals surface area contributed by atoms with Crippen molar-refractivity contribution in [1.82, 2.24) is 24.4 Å². The number of halogens is 3. The highest BCUT2D eigenvalue weighted by Gasteiger charge is 2.36. The molecule has 0 aromatic carbocycles. The molecule has 0 bridgehead atoms. The lowest BCUT2D eigenvalue weighted by atomic mass is 9.85. The number of nitrogens with zero attached hydrogens (tertiary/aromatic N) is 5. The van der Waals surface area contributed by atoms with E-state index in [4.69, 9.17) is 4.74 Å².